The number of hydrogen-bond acceptors (Lipinski definition) is 8. The maximum atomic E-state index is 13.5. The Morgan fingerprint density at radius 2 is 1.94 bits per heavy atom. The van der Waals surface area contributed by atoms with Crippen molar-refractivity contribution in [1.29, 1.82) is 0 Å². The molecule has 10 heteroatoms. The Kier molecular flexibility index (Phi) is 7.01. The Hall–Kier alpha value is -2.98. The van der Waals surface area contributed by atoms with Gasteiger partial charge in [0.25, 0.3) is 5.91 Å². The van der Waals surface area contributed by atoms with Gasteiger partial charge < -0.3 is 10.1 Å². The summed E-state index contributed by atoms with van der Waals surface area (Å²) in [6.45, 7) is 1.65. The van der Waals surface area contributed by atoms with Crippen molar-refractivity contribution in [2.24, 2.45) is 0 Å². The molecule has 0 spiro atoms. The summed E-state index contributed by atoms with van der Waals surface area (Å²) in [6, 6.07) is 8.73. The molecule has 0 bridgehead atoms. The van der Waals surface area contributed by atoms with Crippen molar-refractivity contribution in [2.45, 2.75) is 50.7 Å². The molecule has 2 aromatic heterocycles. The highest BCUT2D eigenvalue weighted by Crippen LogP contribution is 2.33. The highest BCUT2D eigenvalue weighted by Gasteiger charge is 2.25. The number of halogens is 1. The largest absolute Gasteiger partial charge is 0.367 e. The van der Waals surface area contributed by atoms with E-state index in [1.165, 1.54) is 24.5 Å². The first-order valence-electron chi connectivity index (χ1n) is 10.5. The number of rotatable bonds is 7. The molecular formula is C22H25FN6O2S. The highest BCUT2D eigenvalue weighted by atomic mass is 32.1. The number of nitrogens with one attached hydrogen (secondary N) is 2. The second kappa shape index (κ2) is 10.1. The van der Waals surface area contributed by atoms with Gasteiger partial charge in [0, 0.05) is 25.3 Å². The molecule has 1 fully saturated rings. The van der Waals surface area contributed by atoms with Crippen LogP contribution in [0.25, 0.3) is 0 Å². The third-order valence-electron chi connectivity index (χ3n) is 5.68. The number of carbonyl (C=O) groups is 1. The zero-order chi connectivity index (χ0) is 22.5. The third-order valence-corrected chi connectivity index (χ3v) is 6.45. The van der Waals surface area contributed by atoms with Crippen LogP contribution in [0.15, 0.2) is 36.5 Å². The molecule has 1 aliphatic carbocycles. The summed E-state index contributed by atoms with van der Waals surface area (Å²) >= 11 is 1.28. The Labute approximate surface area is 189 Å². The molecule has 4 rings (SSSR count). The summed E-state index contributed by atoms with van der Waals surface area (Å²) in [7, 11) is 1.44. The first kappa shape index (κ1) is 22.2. The van der Waals surface area contributed by atoms with Gasteiger partial charge >= 0.3 is 0 Å². The van der Waals surface area contributed by atoms with Gasteiger partial charge in [0.15, 0.2) is 6.10 Å². The van der Waals surface area contributed by atoms with E-state index in [1.807, 2.05) is 12.1 Å². The van der Waals surface area contributed by atoms with E-state index in [4.69, 9.17) is 4.74 Å². The van der Waals surface area contributed by atoms with Gasteiger partial charge in [-0.15, -0.1) is 10.2 Å². The zero-order valence-corrected chi connectivity index (χ0v) is 18.7. The van der Waals surface area contributed by atoms with E-state index in [1.54, 1.807) is 25.3 Å². The standard InChI is InChI=1S/C22H25FN6O2S/c1-13-12-15(7-10-17(13)23)19(31-2)20(30)26-22-29-28-21(32-22)25-16-8-5-14(6-9-16)18-4-3-11-24-27-18/h3-4,7,10-12,14,16,19H,5-6,8-9H2,1-2H3,(H,25,28)(H,26,29,30). The summed E-state index contributed by atoms with van der Waals surface area (Å²) in [5.41, 5.74) is 2.08. The minimum absolute atomic E-state index is 0.299. The average Bonchev–Trinajstić information content (AvgIpc) is 3.24. The maximum absolute atomic E-state index is 13.5. The van der Waals surface area contributed by atoms with Gasteiger partial charge in [-0.25, -0.2) is 4.39 Å². The van der Waals surface area contributed by atoms with Crippen molar-refractivity contribution >= 4 is 27.5 Å². The second-order valence-electron chi connectivity index (χ2n) is 7.87. The molecule has 168 valence electrons. The Bertz CT molecular complexity index is 1060. The number of hydrogen-bond donors (Lipinski definition) is 2. The quantitative estimate of drug-likeness (QED) is 0.548. The molecule has 2 N–H and O–H groups in total. The molecule has 1 saturated carbocycles. The lowest BCUT2D eigenvalue weighted by Crippen LogP contribution is -2.25. The molecule has 1 aliphatic rings. The van der Waals surface area contributed by atoms with Gasteiger partial charge in [-0.1, -0.05) is 23.5 Å². The summed E-state index contributed by atoms with van der Waals surface area (Å²) in [6.07, 6.45) is 4.89. The van der Waals surface area contributed by atoms with Crippen molar-refractivity contribution in [1.82, 2.24) is 20.4 Å². The van der Waals surface area contributed by atoms with E-state index in [2.05, 4.69) is 31.0 Å². The van der Waals surface area contributed by atoms with Gasteiger partial charge in [-0.2, -0.15) is 10.2 Å². The predicted molar refractivity (Wildman–Crippen MR) is 120 cm³/mol. The zero-order valence-electron chi connectivity index (χ0n) is 17.9. The number of methoxy groups -OCH3 is 1. The number of anilines is 2. The van der Waals surface area contributed by atoms with Crippen LogP contribution in [0.1, 0.15) is 54.5 Å². The number of ether oxygens (including phenoxy) is 1. The first-order chi connectivity index (χ1) is 15.5. The monoisotopic (exact) mass is 456 g/mol. The van der Waals surface area contributed by atoms with Crippen LogP contribution in [-0.4, -0.2) is 39.5 Å². The van der Waals surface area contributed by atoms with Gasteiger partial charge in [-0.05, 0) is 61.9 Å². The first-order valence-corrected chi connectivity index (χ1v) is 11.3. The molecule has 0 radical (unpaired) electrons. The minimum atomic E-state index is -0.869. The lowest BCUT2D eigenvalue weighted by atomic mass is 9.84. The van der Waals surface area contributed by atoms with Gasteiger partial charge in [0.05, 0.1) is 5.69 Å². The SMILES string of the molecule is COC(C(=O)Nc1nnc(NC2CCC(c3cccnn3)CC2)s1)c1ccc(F)c(C)c1. The molecule has 0 saturated heterocycles. The molecule has 1 atom stereocenters. The molecule has 1 unspecified atom stereocenters. The molecule has 1 aromatic carbocycles. The molecule has 0 aliphatic heterocycles. The average molecular weight is 457 g/mol. The predicted octanol–water partition coefficient (Wildman–Crippen LogP) is 4.24. The fourth-order valence-electron chi connectivity index (χ4n) is 3.97. The molecular weight excluding hydrogens is 431 g/mol. The smallest absolute Gasteiger partial charge is 0.259 e. The van der Waals surface area contributed by atoms with E-state index in [0.29, 0.717) is 33.3 Å². The topological polar surface area (TPSA) is 102 Å². The molecule has 1 amide bonds. The Morgan fingerprint density at radius 3 is 2.62 bits per heavy atom. The second-order valence-corrected chi connectivity index (χ2v) is 8.84. The fraction of sp³-hybridized carbons (Fsp3) is 0.409. The number of benzene rings is 1. The Balaban J connectivity index is 1.31. The number of carbonyl (C=O) groups excluding carboxylic acids is 1. The van der Waals surface area contributed by atoms with Crippen LogP contribution in [0.3, 0.4) is 0 Å². The van der Waals surface area contributed by atoms with Gasteiger partial charge in [0.1, 0.15) is 5.82 Å². The van der Waals surface area contributed by atoms with Crippen molar-refractivity contribution < 1.29 is 13.9 Å². The number of aryl methyl sites for hydroxylation is 1. The van der Waals surface area contributed by atoms with Crippen molar-refractivity contribution in [3.05, 3.63) is 59.2 Å². The lowest BCUT2D eigenvalue weighted by Gasteiger charge is -2.28. The van der Waals surface area contributed by atoms with E-state index < -0.39 is 6.10 Å². The maximum Gasteiger partial charge on any atom is 0.259 e. The van der Waals surface area contributed by atoms with Crippen LogP contribution in [-0.2, 0) is 9.53 Å². The summed E-state index contributed by atoms with van der Waals surface area (Å²) in [5, 5.41) is 23.6. The minimum Gasteiger partial charge on any atom is -0.367 e. The molecule has 3 aromatic rings. The van der Waals surface area contributed by atoms with E-state index in [-0.39, 0.29) is 11.7 Å². The van der Waals surface area contributed by atoms with Crippen LogP contribution in [0, 0.1) is 12.7 Å². The molecule has 8 nitrogen and oxygen atoms in total. The van der Waals surface area contributed by atoms with Crippen LogP contribution in [0.5, 0.6) is 0 Å². The van der Waals surface area contributed by atoms with Crippen molar-refractivity contribution in [2.75, 3.05) is 17.7 Å². The van der Waals surface area contributed by atoms with E-state index >= 15 is 0 Å². The molecule has 32 heavy (non-hydrogen) atoms. The summed E-state index contributed by atoms with van der Waals surface area (Å²) in [5.74, 6) is -0.271. The summed E-state index contributed by atoms with van der Waals surface area (Å²) in [4.78, 5) is 12.7. The van der Waals surface area contributed by atoms with Gasteiger partial charge in [0.2, 0.25) is 10.3 Å². The van der Waals surface area contributed by atoms with Crippen LogP contribution >= 0.6 is 11.3 Å². The molecule has 2 heterocycles. The van der Waals surface area contributed by atoms with Crippen LogP contribution in [0.4, 0.5) is 14.7 Å². The van der Waals surface area contributed by atoms with Gasteiger partial charge in [-0.3, -0.25) is 10.1 Å². The number of aromatic nitrogens is 4. The van der Waals surface area contributed by atoms with Crippen molar-refractivity contribution in [3.63, 3.8) is 0 Å². The normalized spacial score (nSPS) is 19.3. The fourth-order valence-corrected chi connectivity index (χ4v) is 4.69. The summed E-state index contributed by atoms with van der Waals surface area (Å²) < 4.78 is 18.9. The van der Waals surface area contributed by atoms with Crippen LogP contribution in [0.2, 0.25) is 0 Å². The van der Waals surface area contributed by atoms with E-state index in [9.17, 15) is 9.18 Å². The van der Waals surface area contributed by atoms with Crippen molar-refractivity contribution in [3.8, 4) is 0 Å². The number of amides is 1. The van der Waals surface area contributed by atoms with E-state index in [0.717, 1.165) is 31.4 Å². The third kappa shape index (κ3) is 5.25. The van der Waals surface area contributed by atoms with Crippen LogP contribution < -0.4 is 10.6 Å². The highest BCUT2D eigenvalue weighted by molar-refractivity contribution is 7.19. The number of nitrogens with zero attached hydrogens (tertiary/aromatic N) is 4. The lowest BCUT2D eigenvalue weighted by molar-refractivity contribution is -0.126. The Morgan fingerprint density at radius 1 is 1.16 bits per heavy atom.